The van der Waals surface area contributed by atoms with Crippen LogP contribution in [0.1, 0.15) is 12.5 Å². The topological polar surface area (TPSA) is 86.6 Å². The molecule has 1 aromatic rings. The van der Waals surface area contributed by atoms with Crippen LogP contribution in [0, 0.1) is 0 Å². The molecule has 0 bridgehead atoms. The smallest absolute Gasteiger partial charge is 0.325 e. The van der Waals surface area contributed by atoms with E-state index in [1.165, 1.54) is 6.92 Å². The summed E-state index contributed by atoms with van der Waals surface area (Å²) in [5.74, 6) is -1.82. The number of carboxylic acids is 2. The number of anilines is 1. The van der Waals surface area contributed by atoms with Gasteiger partial charge >= 0.3 is 11.9 Å². The summed E-state index contributed by atoms with van der Waals surface area (Å²) in [6.45, 7) is 1.54. The van der Waals surface area contributed by atoms with Crippen molar-refractivity contribution in [2.75, 3.05) is 5.32 Å². The summed E-state index contributed by atoms with van der Waals surface area (Å²) >= 11 is 0. The van der Waals surface area contributed by atoms with Gasteiger partial charge in [0.1, 0.15) is 6.04 Å². The lowest BCUT2D eigenvalue weighted by atomic mass is 10.1. The molecular formula is C11H13NO4. The van der Waals surface area contributed by atoms with Crippen LogP contribution in [0.2, 0.25) is 0 Å². The normalized spacial score (nSPS) is 11.8. The highest BCUT2D eigenvalue weighted by atomic mass is 16.4. The molecule has 0 aliphatic heterocycles. The maximum atomic E-state index is 10.6. The molecule has 0 saturated heterocycles. The molecule has 0 heterocycles. The van der Waals surface area contributed by atoms with E-state index < -0.39 is 18.0 Å². The highest BCUT2D eigenvalue weighted by molar-refractivity contribution is 5.76. The van der Waals surface area contributed by atoms with Crippen molar-refractivity contribution >= 4 is 17.6 Å². The number of rotatable bonds is 5. The average Bonchev–Trinajstić information content (AvgIpc) is 2.20. The Labute approximate surface area is 92.7 Å². The molecule has 5 nitrogen and oxygen atoms in total. The average molecular weight is 223 g/mol. The van der Waals surface area contributed by atoms with E-state index in [2.05, 4.69) is 5.32 Å². The standard InChI is InChI=1S/C11H13NO4/c1-7(11(15)16)12-9-4-2-8(3-5-9)6-10(13)14/h2-5,7,12H,6H2,1H3,(H,13,14)(H,15,16). The fourth-order valence-electron chi connectivity index (χ4n) is 1.21. The second-order valence-corrected chi connectivity index (χ2v) is 3.47. The molecule has 86 valence electrons. The summed E-state index contributed by atoms with van der Waals surface area (Å²) in [5.41, 5.74) is 1.34. The first-order chi connectivity index (χ1) is 7.49. The Morgan fingerprint density at radius 1 is 1.25 bits per heavy atom. The van der Waals surface area contributed by atoms with Gasteiger partial charge in [0.2, 0.25) is 0 Å². The lowest BCUT2D eigenvalue weighted by Gasteiger charge is -2.10. The predicted molar refractivity (Wildman–Crippen MR) is 58.5 cm³/mol. The number of hydrogen-bond donors (Lipinski definition) is 3. The van der Waals surface area contributed by atoms with Gasteiger partial charge in [0.25, 0.3) is 0 Å². The molecule has 3 N–H and O–H groups in total. The first-order valence-corrected chi connectivity index (χ1v) is 4.79. The zero-order valence-electron chi connectivity index (χ0n) is 8.80. The van der Waals surface area contributed by atoms with Crippen molar-refractivity contribution in [2.45, 2.75) is 19.4 Å². The molecule has 16 heavy (non-hydrogen) atoms. The first-order valence-electron chi connectivity index (χ1n) is 4.79. The number of carbonyl (C=O) groups is 2. The van der Waals surface area contributed by atoms with Crippen molar-refractivity contribution < 1.29 is 19.8 Å². The van der Waals surface area contributed by atoms with E-state index in [9.17, 15) is 9.59 Å². The number of aliphatic carboxylic acids is 2. The van der Waals surface area contributed by atoms with Crippen LogP contribution >= 0.6 is 0 Å². The SMILES string of the molecule is CC(Nc1ccc(CC(=O)O)cc1)C(=O)O. The summed E-state index contributed by atoms with van der Waals surface area (Å²) in [7, 11) is 0. The largest absolute Gasteiger partial charge is 0.481 e. The van der Waals surface area contributed by atoms with Gasteiger partial charge in [-0.1, -0.05) is 12.1 Å². The van der Waals surface area contributed by atoms with Crippen LogP contribution in [-0.2, 0) is 16.0 Å². The predicted octanol–water partition coefficient (Wildman–Crippen LogP) is 1.20. The van der Waals surface area contributed by atoms with E-state index in [0.29, 0.717) is 11.3 Å². The van der Waals surface area contributed by atoms with Gasteiger partial charge in [0.05, 0.1) is 6.42 Å². The van der Waals surface area contributed by atoms with Crippen LogP contribution in [0.3, 0.4) is 0 Å². The van der Waals surface area contributed by atoms with Crippen molar-refractivity contribution in [3.63, 3.8) is 0 Å². The summed E-state index contributed by atoms with van der Waals surface area (Å²) < 4.78 is 0. The van der Waals surface area contributed by atoms with Gasteiger partial charge in [0.15, 0.2) is 0 Å². The first kappa shape index (κ1) is 12.0. The minimum atomic E-state index is -0.936. The van der Waals surface area contributed by atoms with Crippen LogP contribution in [0.25, 0.3) is 0 Å². The van der Waals surface area contributed by atoms with Crippen LogP contribution in [0.5, 0.6) is 0 Å². The monoisotopic (exact) mass is 223 g/mol. The number of hydrogen-bond acceptors (Lipinski definition) is 3. The third-order valence-corrected chi connectivity index (χ3v) is 2.06. The fourth-order valence-corrected chi connectivity index (χ4v) is 1.21. The van der Waals surface area contributed by atoms with Gasteiger partial charge in [-0.25, -0.2) is 0 Å². The Morgan fingerprint density at radius 2 is 1.81 bits per heavy atom. The van der Waals surface area contributed by atoms with Gasteiger partial charge < -0.3 is 15.5 Å². The van der Waals surface area contributed by atoms with Crippen molar-refractivity contribution in [2.24, 2.45) is 0 Å². The van der Waals surface area contributed by atoms with Gasteiger partial charge in [-0.2, -0.15) is 0 Å². The maximum Gasteiger partial charge on any atom is 0.325 e. The van der Waals surface area contributed by atoms with Crippen molar-refractivity contribution in [1.29, 1.82) is 0 Å². The van der Waals surface area contributed by atoms with Gasteiger partial charge in [0, 0.05) is 5.69 Å². The summed E-state index contributed by atoms with van der Waals surface area (Å²) in [6.07, 6.45) is -0.0330. The molecule has 0 radical (unpaired) electrons. The molecule has 0 aliphatic carbocycles. The molecule has 1 unspecified atom stereocenters. The highest BCUT2D eigenvalue weighted by Gasteiger charge is 2.09. The lowest BCUT2D eigenvalue weighted by molar-refractivity contribution is -0.138. The second-order valence-electron chi connectivity index (χ2n) is 3.47. The minimum Gasteiger partial charge on any atom is -0.481 e. The molecule has 0 aliphatic rings. The molecule has 1 aromatic carbocycles. The molecular weight excluding hydrogens is 210 g/mol. The number of benzene rings is 1. The molecule has 0 spiro atoms. The van der Waals surface area contributed by atoms with Crippen LogP contribution < -0.4 is 5.32 Å². The Hall–Kier alpha value is -2.04. The van der Waals surface area contributed by atoms with Gasteiger partial charge in [-0.05, 0) is 24.6 Å². The quantitative estimate of drug-likeness (QED) is 0.698. The van der Waals surface area contributed by atoms with Crippen molar-refractivity contribution in [1.82, 2.24) is 0 Å². The van der Waals surface area contributed by atoms with Crippen LogP contribution in [0.15, 0.2) is 24.3 Å². The third-order valence-electron chi connectivity index (χ3n) is 2.06. The Balaban J connectivity index is 2.64. The van der Waals surface area contributed by atoms with E-state index in [4.69, 9.17) is 10.2 Å². The number of carboxylic acid groups (broad SMARTS) is 2. The molecule has 0 fully saturated rings. The van der Waals surface area contributed by atoms with Crippen molar-refractivity contribution in [3.05, 3.63) is 29.8 Å². The maximum absolute atomic E-state index is 10.6. The van der Waals surface area contributed by atoms with Crippen LogP contribution in [-0.4, -0.2) is 28.2 Å². The van der Waals surface area contributed by atoms with E-state index in [-0.39, 0.29) is 6.42 Å². The van der Waals surface area contributed by atoms with E-state index in [0.717, 1.165) is 0 Å². The zero-order valence-corrected chi connectivity index (χ0v) is 8.80. The Morgan fingerprint density at radius 3 is 2.25 bits per heavy atom. The highest BCUT2D eigenvalue weighted by Crippen LogP contribution is 2.11. The molecule has 0 saturated carbocycles. The zero-order chi connectivity index (χ0) is 12.1. The van der Waals surface area contributed by atoms with Crippen LogP contribution in [0.4, 0.5) is 5.69 Å². The van der Waals surface area contributed by atoms with Gasteiger partial charge in [-0.3, -0.25) is 9.59 Å². The summed E-state index contributed by atoms with van der Waals surface area (Å²) in [6, 6.07) is 5.97. The van der Waals surface area contributed by atoms with E-state index in [1.54, 1.807) is 24.3 Å². The third kappa shape index (κ3) is 3.61. The summed E-state index contributed by atoms with van der Waals surface area (Å²) in [5, 5.41) is 20.0. The summed E-state index contributed by atoms with van der Waals surface area (Å²) in [4.78, 5) is 21.0. The fraction of sp³-hybridized carbons (Fsp3) is 0.273. The lowest BCUT2D eigenvalue weighted by Crippen LogP contribution is -2.25. The second kappa shape index (κ2) is 5.16. The van der Waals surface area contributed by atoms with Crippen molar-refractivity contribution in [3.8, 4) is 0 Å². The molecule has 0 amide bonds. The molecule has 1 atom stereocenters. The Bertz CT molecular complexity index is 385. The molecule has 1 rings (SSSR count). The van der Waals surface area contributed by atoms with E-state index in [1.807, 2.05) is 0 Å². The molecule has 5 heteroatoms. The van der Waals surface area contributed by atoms with E-state index >= 15 is 0 Å². The Kier molecular flexibility index (Phi) is 3.88. The number of nitrogens with one attached hydrogen (secondary N) is 1. The minimum absolute atomic E-state index is 0.0330. The van der Waals surface area contributed by atoms with Gasteiger partial charge in [-0.15, -0.1) is 0 Å². The molecule has 0 aromatic heterocycles.